The van der Waals surface area contributed by atoms with Gasteiger partial charge in [0.1, 0.15) is 13.2 Å². The highest BCUT2D eigenvalue weighted by Gasteiger charge is 2.25. The van der Waals surface area contributed by atoms with Crippen molar-refractivity contribution in [1.82, 2.24) is 0 Å². The van der Waals surface area contributed by atoms with Crippen LogP contribution in [-0.2, 0) is 33.3 Å². The van der Waals surface area contributed by atoms with Gasteiger partial charge in [-0.3, -0.25) is 9.59 Å². The Balaban J connectivity index is 4.08. The van der Waals surface area contributed by atoms with E-state index in [1.165, 1.54) is 173 Å². The summed E-state index contributed by atoms with van der Waals surface area (Å²) in [6.07, 6.45) is 78.4. The van der Waals surface area contributed by atoms with Crippen LogP contribution in [0.5, 0.6) is 0 Å². The Morgan fingerprint density at radius 3 is 1.09 bits per heavy atom. The fourth-order valence-electron chi connectivity index (χ4n) is 9.13. The van der Waals surface area contributed by atoms with E-state index in [0.29, 0.717) is 23.9 Å². The van der Waals surface area contributed by atoms with E-state index >= 15 is 0 Å². The van der Waals surface area contributed by atoms with Crippen LogP contribution in [0, 0.1) is 0 Å². The smallest absolute Gasteiger partial charge is 0.361 e. The zero-order chi connectivity index (χ0) is 57.6. The number of likely N-dealkylation sites (N-methyl/N-ethyl adjacent to an activating group) is 1. The molecule has 0 aliphatic heterocycles. The molecule has 2 unspecified atom stereocenters. The largest absolute Gasteiger partial charge is 0.477 e. The minimum atomic E-state index is -1.52. The molecule has 0 amide bonds. The van der Waals surface area contributed by atoms with Crippen molar-refractivity contribution in [1.29, 1.82) is 0 Å². The first-order valence-corrected chi connectivity index (χ1v) is 32.8. The molecule has 0 aromatic heterocycles. The van der Waals surface area contributed by atoms with Crippen LogP contribution in [0.25, 0.3) is 0 Å². The summed E-state index contributed by atoms with van der Waals surface area (Å²) in [5.41, 5.74) is 0. The third-order valence-electron chi connectivity index (χ3n) is 14.1. The molecule has 0 saturated heterocycles. The van der Waals surface area contributed by atoms with E-state index in [-0.39, 0.29) is 32.2 Å². The quantitative estimate of drug-likeness (QED) is 0.0211. The molecule has 0 fully saturated rings. The van der Waals surface area contributed by atoms with Crippen LogP contribution in [0.15, 0.2) is 85.1 Å². The second-order valence-electron chi connectivity index (χ2n) is 23.0. The molecule has 9 heteroatoms. The molecular formula is C70H124NO8+. The lowest BCUT2D eigenvalue weighted by Gasteiger charge is -2.25. The first kappa shape index (κ1) is 75.5. The Hall–Kier alpha value is -3.53. The van der Waals surface area contributed by atoms with Gasteiger partial charge in [0.05, 0.1) is 34.4 Å². The van der Waals surface area contributed by atoms with E-state index in [4.69, 9.17) is 18.9 Å². The number of hydrogen-bond acceptors (Lipinski definition) is 7. The summed E-state index contributed by atoms with van der Waals surface area (Å²) < 4.78 is 22.9. The van der Waals surface area contributed by atoms with Gasteiger partial charge in [-0.15, -0.1) is 0 Å². The maximum atomic E-state index is 12.9. The summed E-state index contributed by atoms with van der Waals surface area (Å²) in [6.45, 7) is 4.73. The molecule has 0 radical (unpaired) electrons. The number of carboxylic acid groups (broad SMARTS) is 1. The van der Waals surface area contributed by atoms with Gasteiger partial charge in [-0.2, -0.15) is 0 Å². The summed E-state index contributed by atoms with van der Waals surface area (Å²) in [4.78, 5) is 37.5. The minimum absolute atomic E-state index is 0.178. The summed E-state index contributed by atoms with van der Waals surface area (Å²) in [7, 11) is 5.96. The first-order valence-electron chi connectivity index (χ1n) is 32.8. The SMILES string of the molecule is CC/C=C\C/C=C\C/C=C\C/C=C\C/C=C\CCCCCC(=O)OC(COC(=O)CCCCCCCCCCCCCCCCCCCCCCCCC/C=C\C/C=C\CCCCCCC)COC(OCC[N+](C)(C)C)C(=O)O. The van der Waals surface area contributed by atoms with Crippen LogP contribution in [-0.4, -0.2) is 87.4 Å². The Bertz CT molecular complexity index is 1570. The Morgan fingerprint density at radius 2 is 0.722 bits per heavy atom. The maximum absolute atomic E-state index is 12.9. The Morgan fingerprint density at radius 1 is 0.392 bits per heavy atom. The highest BCUT2D eigenvalue weighted by molar-refractivity contribution is 5.71. The predicted octanol–water partition coefficient (Wildman–Crippen LogP) is 19.9. The van der Waals surface area contributed by atoms with Crippen LogP contribution < -0.4 is 0 Å². The number of aliphatic carboxylic acids is 1. The van der Waals surface area contributed by atoms with E-state index < -0.39 is 24.3 Å². The fraction of sp³-hybridized carbons (Fsp3) is 0.757. The average molecular weight is 1110 g/mol. The Labute approximate surface area is 487 Å². The molecular weight excluding hydrogens is 983 g/mol. The minimum Gasteiger partial charge on any atom is -0.477 e. The molecule has 0 spiro atoms. The topological polar surface area (TPSA) is 108 Å². The second kappa shape index (κ2) is 60.6. The molecule has 0 aromatic carbocycles. The molecule has 2 atom stereocenters. The molecule has 0 aromatic rings. The molecule has 0 rings (SSSR count). The molecule has 0 bridgehead atoms. The van der Waals surface area contributed by atoms with Gasteiger partial charge in [0, 0.05) is 12.8 Å². The average Bonchev–Trinajstić information content (AvgIpc) is 3.42. The zero-order valence-electron chi connectivity index (χ0n) is 52.0. The van der Waals surface area contributed by atoms with Crippen LogP contribution in [0.3, 0.4) is 0 Å². The van der Waals surface area contributed by atoms with E-state index in [1.54, 1.807) is 0 Å². The molecule has 79 heavy (non-hydrogen) atoms. The number of carbonyl (C=O) groups excluding carboxylic acids is 2. The number of esters is 2. The Kier molecular flexibility index (Phi) is 57.9. The maximum Gasteiger partial charge on any atom is 0.361 e. The highest BCUT2D eigenvalue weighted by atomic mass is 16.7. The molecule has 456 valence electrons. The van der Waals surface area contributed by atoms with Crippen molar-refractivity contribution in [2.75, 3.05) is 47.5 Å². The monoisotopic (exact) mass is 1110 g/mol. The lowest BCUT2D eigenvalue weighted by Crippen LogP contribution is -2.40. The van der Waals surface area contributed by atoms with Crippen molar-refractivity contribution in [3.63, 3.8) is 0 Å². The van der Waals surface area contributed by atoms with E-state index in [9.17, 15) is 19.5 Å². The molecule has 0 aliphatic rings. The summed E-state index contributed by atoms with van der Waals surface area (Å²) in [5.74, 6) is -2.04. The van der Waals surface area contributed by atoms with Crippen LogP contribution in [0.2, 0.25) is 0 Å². The van der Waals surface area contributed by atoms with Crippen molar-refractivity contribution in [3.05, 3.63) is 85.1 Å². The lowest BCUT2D eigenvalue weighted by atomic mass is 10.0. The van der Waals surface area contributed by atoms with Gasteiger partial charge in [-0.05, 0) is 89.9 Å². The van der Waals surface area contributed by atoms with Gasteiger partial charge < -0.3 is 28.5 Å². The molecule has 9 nitrogen and oxygen atoms in total. The van der Waals surface area contributed by atoms with Gasteiger partial charge in [-0.1, -0.05) is 266 Å². The number of unbranched alkanes of at least 4 members (excludes halogenated alkanes) is 31. The normalized spacial score (nSPS) is 13.3. The summed E-state index contributed by atoms with van der Waals surface area (Å²) in [5, 5.41) is 9.71. The van der Waals surface area contributed by atoms with Gasteiger partial charge in [0.2, 0.25) is 0 Å². The third kappa shape index (κ3) is 61.9. The number of allylic oxidation sites excluding steroid dienone is 14. The van der Waals surface area contributed by atoms with Crippen LogP contribution >= 0.6 is 0 Å². The number of carbonyl (C=O) groups is 3. The van der Waals surface area contributed by atoms with Crippen LogP contribution in [0.4, 0.5) is 0 Å². The molecule has 0 aliphatic carbocycles. The van der Waals surface area contributed by atoms with E-state index in [1.807, 2.05) is 21.1 Å². The number of carboxylic acids is 1. The molecule has 0 heterocycles. The molecule has 1 N–H and O–H groups in total. The number of hydrogen-bond donors (Lipinski definition) is 1. The second-order valence-corrected chi connectivity index (χ2v) is 23.0. The predicted molar refractivity (Wildman–Crippen MR) is 336 cm³/mol. The zero-order valence-corrected chi connectivity index (χ0v) is 52.0. The van der Waals surface area contributed by atoms with Crippen LogP contribution in [0.1, 0.15) is 284 Å². The number of ether oxygens (including phenoxy) is 4. The van der Waals surface area contributed by atoms with Gasteiger partial charge in [-0.25, -0.2) is 4.79 Å². The highest BCUT2D eigenvalue weighted by Crippen LogP contribution is 2.17. The van der Waals surface area contributed by atoms with Crippen molar-refractivity contribution in [3.8, 4) is 0 Å². The number of quaternary nitrogens is 1. The van der Waals surface area contributed by atoms with Crippen molar-refractivity contribution >= 4 is 17.9 Å². The van der Waals surface area contributed by atoms with Crippen molar-refractivity contribution < 1.29 is 42.9 Å². The van der Waals surface area contributed by atoms with E-state index in [0.717, 1.165) is 77.0 Å². The number of nitrogens with zero attached hydrogens (tertiary/aromatic N) is 1. The fourth-order valence-corrected chi connectivity index (χ4v) is 9.13. The third-order valence-corrected chi connectivity index (χ3v) is 14.1. The van der Waals surface area contributed by atoms with Crippen molar-refractivity contribution in [2.45, 2.75) is 296 Å². The number of rotatable bonds is 60. The van der Waals surface area contributed by atoms with Gasteiger partial charge >= 0.3 is 17.9 Å². The van der Waals surface area contributed by atoms with E-state index in [2.05, 4.69) is 98.9 Å². The standard InChI is InChI=1S/C70H123NO8/c1-6-8-10-12-14-16-18-20-22-24-26-27-28-29-30-31-32-33-34-35-36-37-38-39-40-41-43-44-46-48-50-52-54-56-58-60-67(72)77-64-66(65-78-70(69(74)75)76-63-62-71(3,4)5)79-68(73)61-59-57-55-53-51-49-47-45-42-25-23-21-19-17-15-13-11-9-7-2/h9,11,15,17-18,20-21,23-24,26,42,45,49,51,66,70H,6-8,10,12-14,16,19,22,25,27-41,43-44,46-48,50,52-65H2,1-5H3/p+1/b11-9-,17-15-,20-18-,23-21-,26-24-,45-42-,51-49-. The van der Waals surface area contributed by atoms with Crippen molar-refractivity contribution in [2.24, 2.45) is 0 Å². The molecule has 0 saturated carbocycles. The van der Waals surface area contributed by atoms with Gasteiger partial charge in [0.15, 0.2) is 6.10 Å². The summed E-state index contributed by atoms with van der Waals surface area (Å²) in [6, 6.07) is 0. The van der Waals surface area contributed by atoms with Gasteiger partial charge in [0.25, 0.3) is 6.29 Å². The summed E-state index contributed by atoms with van der Waals surface area (Å²) >= 11 is 0. The first-order chi connectivity index (χ1) is 38.6. The lowest BCUT2D eigenvalue weighted by molar-refractivity contribution is -0.870.